The van der Waals surface area contributed by atoms with E-state index in [0.29, 0.717) is 35.5 Å². The van der Waals surface area contributed by atoms with Gasteiger partial charge in [0, 0.05) is 17.4 Å². The Balaban J connectivity index is 1.70. The molecule has 130 valence electrons. The van der Waals surface area contributed by atoms with Crippen LogP contribution in [-0.2, 0) is 4.79 Å². The zero-order chi connectivity index (χ0) is 17.4. The molecule has 2 aromatic rings. The number of ether oxygens (including phenoxy) is 1. The van der Waals surface area contributed by atoms with Gasteiger partial charge in [-0.25, -0.2) is 0 Å². The van der Waals surface area contributed by atoms with Crippen molar-refractivity contribution in [2.45, 2.75) is 45.4 Å². The fourth-order valence-corrected chi connectivity index (χ4v) is 3.38. The number of halogens is 1. The van der Waals surface area contributed by atoms with Crippen LogP contribution < -0.4 is 10.1 Å². The van der Waals surface area contributed by atoms with Gasteiger partial charge in [-0.3, -0.25) is 4.79 Å². The number of amides is 1. The van der Waals surface area contributed by atoms with E-state index in [2.05, 4.69) is 29.4 Å². The molecule has 1 amide bonds. The lowest BCUT2D eigenvalue weighted by Gasteiger charge is -2.06. The Kier molecular flexibility index (Phi) is 7.46. The summed E-state index contributed by atoms with van der Waals surface area (Å²) >= 11 is 7.27. The zero-order valence-electron chi connectivity index (χ0n) is 13.9. The maximum absolute atomic E-state index is 11.9. The minimum absolute atomic E-state index is 0.0676. The highest BCUT2D eigenvalue weighted by atomic mass is 35.5. The average Bonchev–Trinajstić information content (AvgIpc) is 3.02. The lowest BCUT2D eigenvalue weighted by molar-refractivity contribution is -0.116. The highest BCUT2D eigenvalue weighted by Gasteiger charge is 2.14. The number of anilines is 1. The highest BCUT2D eigenvalue weighted by Crippen LogP contribution is 2.28. The number of hydrogen-bond donors (Lipinski definition) is 1. The molecule has 24 heavy (non-hydrogen) atoms. The van der Waals surface area contributed by atoms with Gasteiger partial charge in [-0.15, -0.1) is 10.2 Å². The van der Waals surface area contributed by atoms with Crippen LogP contribution in [-0.4, -0.2) is 22.7 Å². The van der Waals surface area contributed by atoms with Crippen molar-refractivity contribution >= 4 is 34.0 Å². The molecule has 1 aromatic heterocycles. The number of carbonyl (C=O) groups excluding carboxylic acids is 1. The van der Waals surface area contributed by atoms with Crippen LogP contribution in [0.2, 0.25) is 5.02 Å². The molecule has 0 saturated carbocycles. The van der Waals surface area contributed by atoms with E-state index in [9.17, 15) is 4.79 Å². The van der Waals surface area contributed by atoms with E-state index < -0.39 is 0 Å². The Hall–Kier alpha value is -1.66. The fraction of sp³-hybridized carbons (Fsp3) is 0.471. The lowest BCUT2D eigenvalue weighted by atomic mass is 10.1. The van der Waals surface area contributed by atoms with Gasteiger partial charge in [-0.1, -0.05) is 36.8 Å². The van der Waals surface area contributed by atoms with E-state index in [0.717, 1.165) is 23.6 Å². The van der Waals surface area contributed by atoms with Crippen LogP contribution in [0.5, 0.6) is 5.75 Å². The number of carbonyl (C=O) groups is 1. The Morgan fingerprint density at radius 2 is 1.96 bits per heavy atom. The molecule has 1 aromatic carbocycles. The first-order valence-electron chi connectivity index (χ1n) is 8.14. The largest absolute Gasteiger partial charge is 0.494 e. The smallest absolute Gasteiger partial charge is 0.226 e. The first-order chi connectivity index (χ1) is 11.6. The van der Waals surface area contributed by atoms with E-state index in [4.69, 9.17) is 16.3 Å². The molecule has 1 heterocycles. The third-order valence-corrected chi connectivity index (χ3v) is 4.91. The first kappa shape index (κ1) is 18.7. The summed E-state index contributed by atoms with van der Waals surface area (Å²) in [5, 5.41) is 13.3. The molecule has 0 atom stereocenters. The van der Waals surface area contributed by atoms with Crippen molar-refractivity contribution in [3.05, 3.63) is 34.3 Å². The Morgan fingerprint density at radius 3 is 2.62 bits per heavy atom. The second kappa shape index (κ2) is 9.59. The molecule has 0 radical (unpaired) electrons. The number of nitrogens with one attached hydrogen (secondary N) is 1. The number of nitrogens with zero attached hydrogens (tertiary/aromatic N) is 2. The van der Waals surface area contributed by atoms with E-state index >= 15 is 0 Å². The summed E-state index contributed by atoms with van der Waals surface area (Å²) in [6, 6.07) is 7.17. The Bertz CT molecular complexity index is 642. The molecular weight excluding hydrogens is 346 g/mol. The van der Waals surface area contributed by atoms with Crippen LogP contribution in [0.1, 0.15) is 50.5 Å². The van der Waals surface area contributed by atoms with Gasteiger partial charge in [0.15, 0.2) is 0 Å². The zero-order valence-corrected chi connectivity index (χ0v) is 15.5. The topological polar surface area (TPSA) is 64.1 Å². The van der Waals surface area contributed by atoms with Crippen molar-refractivity contribution in [1.29, 1.82) is 0 Å². The molecule has 0 aliphatic carbocycles. The van der Waals surface area contributed by atoms with Gasteiger partial charge in [0.05, 0.1) is 6.61 Å². The van der Waals surface area contributed by atoms with E-state index in [1.54, 1.807) is 12.1 Å². The maximum Gasteiger partial charge on any atom is 0.226 e. The molecule has 0 bridgehead atoms. The van der Waals surface area contributed by atoms with E-state index in [1.807, 2.05) is 12.1 Å². The quantitative estimate of drug-likeness (QED) is 0.640. The molecule has 0 saturated heterocycles. The van der Waals surface area contributed by atoms with Gasteiger partial charge >= 0.3 is 0 Å². The average molecular weight is 368 g/mol. The molecule has 1 N–H and O–H groups in total. The second-order valence-electron chi connectivity index (χ2n) is 5.41. The van der Waals surface area contributed by atoms with Crippen molar-refractivity contribution in [3.63, 3.8) is 0 Å². The van der Waals surface area contributed by atoms with Crippen LogP contribution in [0, 0.1) is 0 Å². The van der Waals surface area contributed by atoms with Crippen molar-refractivity contribution in [2.24, 2.45) is 0 Å². The SMILES string of the molecule is CCC(CC)c1nnc(NC(=O)CCCOc2ccc(Cl)cc2)s1. The molecule has 2 rings (SSSR count). The van der Waals surface area contributed by atoms with Crippen LogP contribution in [0.15, 0.2) is 24.3 Å². The fourth-order valence-electron chi connectivity index (χ4n) is 2.22. The van der Waals surface area contributed by atoms with Gasteiger partial charge in [-0.2, -0.15) is 0 Å². The molecule has 0 fully saturated rings. The number of aromatic nitrogens is 2. The summed E-state index contributed by atoms with van der Waals surface area (Å²) in [7, 11) is 0. The minimum atomic E-state index is -0.0676. The number of benzene rings is 1. The summed E-state index contributed by atoms with van der Waals surface area (Å²) in [5.74, 6) is 1.10. The van der Waals surface area contributed by atoms with Crippen molar-refractivity contribution < 1.29 is 9.53 Å². The maximum atomic E-state index is 11.9. The highest BCUT2D eigenvalue weighted by molar-refractivity contribution is 7.15. The summed E-state index contributed by atoms with van der Waals surface area (Å²) in [6.45, 7) is 4.74. The van der Waals surface area contributed by atoms with Gasteiger partial charge < -0.3 is 10.1 Å². The number of hydrogen-bond acceptors (Lipinski definition) is 5. The molecule has 0 aliphatic rings. The van der Waals surface area contributed by atoms with Crippen LogP contribution in [0.4, 0.5) is 5.13 Å². The number of rotatable bonds is 9. The summed E-state index contributed by atoms with van der Waals surface area (Å²) in [4.78, 5) is 11.9. The predicted octanol–water partition coefficient (Wildman–Crippen LogP) is 4.89. The van der Waals surface area contributed by atoms with Crippen LogP contribution in [0.25, 0.3) is 0 Å². The third-order valence-electron chi connectivity index (χ3n) is 3.65. The van der Waals surface area contributed by atoms with E-state index in [-0.39, 0.29) is 5.91 Å². The molecule has 0 unspecified atom stereocenters. The molecule has 7 heteroatoms. The minimum Gasteiger partial charge on any atom is -0.494 e. The molecule has 5 nitrogen and oxygen atoms in total. The predicted molar refractivity (Wildman–Crippen MR) is 98.0 cm³/mol. The van der Waals surface area contributed by atoms with Gasteiger partial charge in [0.25, 0.3) is 0 Å². The summed E-state index contributed by atoms with van der Waals surface area (Å²) < 4.78 is 5.56. The monoisotopic (exact) mass is 367 g/mol. The lowest BCUT2D eigenvalue weighted by Crippen LogP contribution is -2.12. The van der Waals surface area contributed by atoms with Crippen molar-refractivity contribution in [2.75, 3.05) is 11.9 Å². The Labute approximate surface area is 151 Å². The van der Waals surface area contributed by atoms with Gasteiger partial charge in [0.1, 0.15) is 10.8 Å². The summed E-state index contributed by atoms with van der Waals surface area (Å²) in [6.07, 6.45) is 3.07. The summed E-state index contributed by atoms with van der Waals surface area (Å²) in [5.41, 5.74) is 0. The van der Waals surface area contributed by atoms with Crippen molar-refractivity contribution in [1.82, 2.24) is 10.2 Å². The molecular formula is C17H22ClN3O2S. The van der Waals surface area contributed by atoms with Crippen molar-refractivity contribution in [3.8, 4) is 5.75 Å². The first-order valence-corrected chi connectivity index (χ1v) is 9.33. The molecule has 0 spiro atoms. The normalized spacial score (nSPS) is 10.8. The third kappa shape index (κ3) is 5.76. The second-order valence-corrected chi connectivity index (χ2v) is 6.86. The van der Waals surface area contributed by atoms with Gasteiger partial charge in [-0.05, 0) is 43.5 Å². The Morgan fingerprint density at radius 1 is 1.25 bits per heavy atom. The van der Waals surface area contributed by atoms with Gasteiger partial charge in [0.2, 0.25) is 11.0 Å². The van der Waals surface area contributed by atoms with Crippen LogP contribution >= 0.6 is 22.9 Å². The van der Waals surface area contributed by atoms with E-state index in [1.165, 1.54) is 11.3 Å². The standard InChI is InChI=1S/C17H22ClN3O2S/c1-3-12(4-2)16-20-21-17(24-16)19-15(22)6-5-11-23-14-9-7-13(18)8-10-14/h7-10,12H,3-6,11H2,1-2H3,(H,19,21,22). The molecule has 0 aliphatic heterocycles. The van der Waals surface area contributed by atoms with Crippen LogP contribution in [0.3, 0.4) is 0 Å².